The highest BCUT2D eigenvalue weighted by atomic mass is 19.1. The molecule has 2 aromatic carbocycles. The van der Waals surface area contributed by atoms with E-state index in [9.17, 15) is 14.3 Å². The van der Waals surface area contributed by atoms with Gasteiger partial charge in [0.2, 0.25) is 0 Å². The van der Waals surface area contributed by atoms with E-state index < -0.39 is 12.1 Å². The van der Waals surface area contributed by atoms with Crippen molar-refractivity contribution in [3.05, 3.63) is 77.7 Å². The van der Waals surface area contributed by atoms with Crippen LogP contribution in [0.5, 0.6) is 0 Å². The third-order valence-corrected chi connectivity index (χ3v) is 4.42. The van der Waals surface area contributed by atoms with Crippen LogP contribution in [0.4, 0.5) is 20.7 Å². The predicted octanol–water partition coefficient (Wildman–Crippen LogP) is 4.70. The number of hydrogen-bond donors (Lipinski definition) is 3. The van der Waals surface area contributed by atoms with Crippen LogP contribution in [0.3, 0.4) is 0 Å². The van der Waals surface area contributed by atoms with Gasteiger partial charge in [0.05, 0.1) is 18.3 Å². The minimum absolute atomic E-state index is 0.187. The lowest BCUT2D eigenvalue weighted by Gasteiger charge is -2.15. The van der Waals surface area contributed by atoms with E-state index in [4.69, 9.17) is 0 Å². The highest BCUT2D eigenvalue weighted by molar-refractivity contribution is 5.99. The number of halogens is 1. The molecule has 3 rings (SSSR count). The molecule has 0 saturated heterocycles. The predicted molar refractivity (Wildman–Crippen MR) is 111 cm³/mol. The molecule has 0 aliphatic carbocycles. The Kier molecular flexibility index (Phi) is 5.98. The van der Waals surface area contributed by atoms with Gasteiger partial charge in [-0.3, -0.25) is 5.32 Å². The molecule has 0 bridgehead atoms. The molecule has 0 fully saturated rings. The van der Waals surface area contributed by atoms with E-state index >= 15 is 0 Å². The van der Waals surface area contributed by atoms with Gasteiger partial charge in [0.25, 0.3) is 0 Å². The standard InChI is InChI=1S/C22H25FN4O2/c1-22(2,3)19-13-20(25-21(29)24-17-11-9-16(23)10-12-17)27(26-19)14-18(28)15-7-5-4-6-8-15/h4-13,18,28H,14H2,1-3H3,(H2,24,25,29). The molecular formula is C22H25FN4O2. The zero-order valence-corrected chi connectivity index (χ0v) is 16.7. The number of aromatic nitrogens is 2. The monoisotopic (exact) mass is 396 g/mol. The number of hydrogen-bond acceptors (Lipinski definition) is 3. The van der Waals surface area contributed by atoms with Crippen LogP contribution in [0.1, 0.15) is 38.1 Å². The molecule has 0 spiro atoms. The van der Waals surface area contributed by atoms with Crippen molar-refractivity contribution in [2.75, 3.05) is 10.6 Å². The van der Waals surface area contributed by atoms with Crippen LogP contribution >= 0.6 is 0 Å². The van der Waals surface area contributed by atoms with Gasteiger partial charge in [-0.2, -0.15) is 5.10 Å². The quantitative estimate of drug-likeness (QED) is 0.585. The Bertz CT molecular complexity index is 963. The van der Waals surface area contributed by atoms with E-state index in [1.54, 1.807) is 10.7 Å². The fraction of sp³-hybridized carbons (Fsp3) is 0.273. The van der Waals surface area contributed by atoms with Crippen molar-refractivity contribution < 1.29 is 14.3 Å². The SMILES string of the molecule is CC(C)(C)c1cc(NC(=O)Nc2ccc(F)cc2)n(CC(O)c2ccccc2)n1. The third-order valence-electron chi connectivity index (χ3n) is 4.42. The van der Waals surface area contributed by atoms with Gasteiger partial charge in [-0.25, -0.2) is 13.9 Å². The number of nitrogens with one attached hydrogen (secondary N) is 2. The molecule has 29 heavy (non-hydrogen) atoms. The summed E-state index contributed by atoms with van der Waals surface area (Å²) >= 11 is 0. The summed E-state index contributed by atoms with van der Waals surface area (Å²) in [7, 11) is 0. The molecule has 1 heterocycles. The van der Waals surface area contributed by atoms with Crippen LogP contribution in [-0.2, 0) is 12.0 Å². The maximum absolute atomic E-state index is 13.0. The Hall–Kier alpha value is -3.19. The molecule has 0 aliphatic heterocycles. The van der Waals surface area contributed by atoms with E-state index in [0.29, 0.717) is 11.5 Å². The summed E-state index contributed by atoms with van der Waals surface area (Å²) in [5.41, 5.74) is 1.79. The van der Waals surface area contributed by atoms with Gasteiger partial charge in [-0.15, -0.1) is 0 Å². The molecule has 1 atom stereocenters. The van der Waals surface area contributed by atoms with Crippen molar-refractivity contribution >= 4 is 17.5 Å². The number of benzene rings is 2. The number of aliphatic hydroxyl groups excluding tert-OH is 1. The molecule has 0 radical (unpaired) electrons. The molecule has 1 unspecified atom stereocenters. The normalized spacial score (nSPS) is 12.4. The largest absolute Gasteiger partial charge is 0.386 e. The van der Waals surface area contributed by atoms with Gasteiger partial charge in [-0.1, -0.05) is 51.1 Å². The number of carbonyl (C=O) groups excluding carboxylic acids is 1. The average molecular weight is 396 g/mol. The van der Waals surface area contributed by atoms with Crippen LogP contribution in [0.25, 0.3) is 0 Å². The molecule has 1 aromatic heterocycles. The first kappa shape index (κ1) is 20.5. The van der Waals surface area contributed by atoms with Crippen LogP contribution < -0.4 is 10.6 Å². The summed E-state index contributed by atoms with van der Waals surface area (Å²) in [6, 6.07) is 16.1. The summed E-state index contributed by atoms with van der Waals surface area (Å²) < 4.78 is 14.6. The van der Waals surface area contributed by atoms with Gasteiger partial charge in [0.1, 0.15) is 11.6 Å². The van der Waals surface area contributed by atoms with Crippen LogP contribution in [-0.4, -0.2) is 20.9 Å². The smallest absolute Gasteiger partial charge is 0.324 e. The zero-order chi connectivity index (χ0) is 21.0. The van der Waals surface area contributed by atoms with E-state index in [1.807, 2.05) is 51.1 Å². The maximum Gasteiger partial charge on any atom is 0.324 e. The van der Waals surface area contributed by atoms with E-state index in [0.717, 1.165) is 11.3 Å². The van der Waals surface area contributed by atoms with Crippen LogP contribution in [0.2, 0.25) is 0 Å². The summed E-state index contributed by atoms with van der Waals surface area (Å²) in [6.45, 7) is 6.26. The molecule has 6 nitrogen and oxygen atoms in total. The molecule has 2 amide bonds. The second-order valence-electron chi connectivity index (χ2n) is 7.86. The van der Waals surface area contributed by atoms with E-state index in [2.05, 4.69) is 15.7 Å². The molecule has 152 valence electrons. The average Bonchev–Trinajstić information content (AvgIpc) is 3.07. The van der Waals surface area contributed by atoms with E-state index in [1.165, 1.54) is 24.3 Å². The molecule has 3 N–H and O–H groups in total. The molecule has 7 heteroatoms. The zero-order valence-electron chi connectivity index (χ0n) is 16.7. The Morgan fingerprint density at radius 2 is 1.76 bits per heavy atom. The van der Waals surface area contributed by atoms with Gasteiger partial charge in [0.15, 0.2) is 0 Å². The first-order chi connectivity index (χ1) is 13.7. The van der Waals surface area contributed by atoms with Gasteiger partial charge < -0.3 is 10.4 Å². The van der Waals surface area contributed by atoms with Crippen molar-refractivity contribution in [3.8, 4) is 0 Å². The topological polar surface area (TPSA) is 79.2 Å². The minimum Gasteiger partial charge on any atom is -0.386 e. The highest BCUT2D eigenvalue weighted by Gasteiger charge is 2.22. The number of carbonyl (C=O) groups is 1. The third kappa shape index (κ3) is 5.42. The Morgan fingerprint density at radius 3 is 2.38 bits per heavy atom. The first-order valence-electron chi connectivity index (χ1n) is 9.37. The Morgan fingerprint density at radius 1 is 1.10 bits per heavy atom. The lowest BCUT2D eigenvalue weighted by molar-refractivity contribution is 0.152. The van der Waals surface area contributed by atoms with Gasteiger partial charge in [-0.05, 0) is 29.8 Å². The van der Waals surface area contributed by atoms with Crippen LogP contribution in [0, 0.1) is 5.82 Å². The summed E-state index contributed by atoms with van der Waals surface area (Å²) in [5, 5.41) is 20.6. The van der Waals surface area contributed by atoms with Crippen molar-refractivity contribution in [1.29, 1.82) is 0 Å². The highest BCUT2D eigenvalue weighted by Crippen LogP contribution is 2.26. The Labute approximate surface area is 169 Å². The van der Waals surface area contributed by atoms with Crippen molar-refractivity contribution in [1.82, 2.24) is 9.78 Å². The molecule has 3 aromatic rings. The number of amides is 2. The second kappa shape index (κ2) is 8.45. The summed E-state index contributed by atoms with van der Waals surface area (Å²) in [6.07, 6.45) is -0.773. The molecule has 0 aliphatic rings. The summed E-state index contributed by atoms with van der Waals surface area (Å²) in [4.78, 5) is 12.4. The fourth-order valence-electron chi connectivity index (χ4n) is 2.78. The number of urea groups is 1. The fourth-order valence-corrected chi connectivity index (χ4v) is 2.78. The number of rotatable bonds is 5. The maximum atomic E-state index is 13.0. The number of anilines is 2. The van der Waals surface area contributed by atoms with Gasteiger partial charge >= 0.3 is 6.03 Å². The number of aliphatic hydroxyl groups is 1. The Balaban J connectivity index is 1.79. The van der Waals surface area contributed by atoms with Gasteiger partial charge in [0, 0.05) is 17.2 Å². The number of nitrogens with zero attached hydrogens (tertiary/aromatic N) is 2. The lowest BCUT2D eigenvalue weighted by atomic mass is 9.92. The lowest BCUT2D eigenvalue weighted by Crippen LogP contribution is -2.22. The minimum atomic E-state index is -0.773. The van der Waals surface area contributed by atoms with E-state index in [-0.39, 0.29) is 17.8 Å². The summed E-state index contributed by atoms with van der Waals surface area (Å²) in [5.74, 6) is 0.0864. The molecular weight excluding hydrogens is 371 g/mol. The molecule has 0 saturated carbocycles. The first-order valence-corrected chi connectivity index (χ1v) is 9.37. The second-order valence-corrected chi connectivity index (χ2v) is 7.86. The van der Waals surface area contributed by atoms with Crippen molar-refractivity contribution in [3.63, 3.8) is 0 Å². The van der Waals surface area contributed by atoms with Crippen molar-refractivity contribution in [2.45, 2.75) is 38.8 Å². The van der Waals surface area contributed by atoms with Crippen LogP contribution in [0.15, 0.2) is 60.7 Å². The van der Waals surface area contributed by atoms with Crippen molar-refractivity contribution in [2.24, 2.45) is 0 Å².